The van der Waals surface area contributed by atoms with E-state index >= 15 is 0 Å². The number of carboxylic acid groups (broad SMARTS) is 1. The van der Waals surface area contributed by atoms with Crippen LogP contribution < -0.4 is 10.1 Å². The maximum Gasteiger partial charge on any atom is 0.317 e. The van der Waals surface area contributed by atoms with E-state index in [0.717, 1.165) is 42.9 Å². The lowest BCUT2D eigenvalue weighted by atomic mass is 9.81. The quantitative estimate of drug-likeness (QED) is 0.807. The number of benzene rings is 1. The highest BCUT2D eigenvalue weighted by Crippen LogP contribution is 2.48. The summed E-state index contributed by atoms with van der Waals surface area (Å²) in [6.45, 7) is 1.88. The molecular formula is C21H25N3O5. The van der Waals surface area contributed by atoms with Crippen LogP contribution in [0.1, 0.15) is 36.8 Å². The van der Waals surface area contributed by atoms with Crippen molar-refractivity contribution < 1.29 is 24.3 Å². The minimum absolute atomic E-state index is 0.0622. The molecular weight excluding hydrogens is 374 g/mol. The first-order chi connectivity index (χ1) is 14.0. The molecule has 4 aliphatic rings. The number of aliphatic carboxylic acids is 1. The van der Waals surface area contributed by atoms with Gasteiger partial charge < -0.3 is 24.9 Å². The van der Waals surface area contributed by atoms with Crippen molar-refractivity contribution in [2.24, 2.45) is 16.5 Å². The van der Waals surface area contributed by atoms with E-state index in [-0.39, 0.29) is 18.1 Å². The zero-order valence-electron chi connectivity index (χ0n) is 16.2. The summed E-state index contributed by atoms with van der Waals surface area (Å²) in [7, 11) is 0. The number of carbonyl (C=O) groups excluding carboxylic acids is 1. The van der Waals surface area contributed by atoms with Crippen molar-refractivity contribution in [3.05, 3.63) is 29.3 Å². The summed E-state index contributed by atoms with van der Waals surface area (Å²) in [6.07, 6.45) is 3.79. The van der Waals surface area contributed by atoms with Crippen molar-refractivity contribution in [2.45, 2.75) is 38.2 Å². The molecule has 2 N–H and O–H groups in total. The lowest BCUT2D eigenvalue weighted by Gasteiger charge is -2.23. The van der Waals surface area contributed by atoms with E-state index in [1.54, 1.807) is 4.90 Å². The summed E-state index contributed by atoms with van der Waals surface area (Å²) in [5.41, 5.74) is 2.33. The molecule has 2 fully saturated rings. The molecule has 1 saturated carbocycles. The lowest BCUT2D eigenvalue weighted by molar-refractivity contribution is -0.149. The van der Waals surface area contributed by atoms with Crippen molar-refractivity contribution in [2.75, 3.05) is 26.2 Å². The second-order valence-electron chi connectivity index (χ2n) is 8.51. The van der Waals surface area contributed by atoms with Crippen LogP contribution >= 0.6 is 0 Å². The number of likely N-dealkylation sites (tertiary alicyclic amines) is 1. The first-order valence-corrected chi connectivity index (χ1v) is 10.3. The van der Waals surface area contributed by atoms with Crippen molar-refractivity contribution in [1.82, 2.24) is 10.2 Å². The van der Waals surface area contributed by atoms with E-state index in [1.165, 1.54) is 5.56 Å². The van der Waals surface area contributed by atoms with Gasteiger partial charge in [0, 0.05) is 25.9 Å². The van der Waals surface area contributed by atoms with Crippen LogP contribution in [0.3, 0.4) is 0 Å². The van der Waals surface area contributed by atoms with Gasteiger partial charge in [-0.15, -0.1) is 0 Å². The van der Waals surface area contributed by atoms with Crippen molar-refractivity contribution in [3.63, 3.8) is 0 Å². The minimum Gasteiger partial charge on any atom is -0.493 e. The molecule has 8 heteroatoms. The zero-order valence-corrected chi connectivity index (χ0v) is 16.2. The molecule has 0 spiro atoms. The van der Waals surface area contributed by atoms with Crippen molar-refractivity contribution >= 4 is 17.7 Å². The van der Waals surface area contributed by atoms with E-state index in [9.17, 15) is 14.7 Å². The summed E-state index contributed by atoms with van der Waals surface area (Å²) >= 11 is 0. The summed E-state index contributed by atoms with van der Waals surface area (Å²) < 4.78 is 5.54. The number of urea groups is 1. The molecule has 8 nitrogen and oxygen atoms in total. The van der Waals surface area contributed by atoms with Gasteiger partial charge in [-0.05, 0) is 48.1 Å². The molecule has 0 aromatic heterocycles. The Morgan fingerprint density at radius 3 is 3.10 bits per heavy atom. The molecule has 2 amide bonds. The molecule has 0 bridgehead atoms. The first-order valence-electron chi connectivity index (χ1n) is 10.3. The van der Waals surface area contributed by atoms with E-state index in [4.69, 9.17) is 9.57 Å². The Hall–Kier alpha value is -2.77. The van der Waals surface area contributed by atoms with Crippen LogP contribution in [0.15, 0.2) is 23.4 Å². The van der Waals surface area contributed by atoms with Gasteiger partial charge in [0.2, 0.25) is 0 Å². The summed E-state index contributed by atoms with van der Waals surface area (Å²) in [4.78, 5) is 31.5. The van der Waals surface area contributed by atoms with Gasteiger partial charge in [-0.25, -0.2) is 4.79 Å². The second-order valence-corrected chi connectivity index (χ2v) is 8.51. The molecule has 1 aromatic rings. The third kappa shape index (κ3) is 3.10. The SMILES string of the molecule is O=C(NCC1CC(c2ccc3c(c2)CCO3)=NO1)N1C[C@@H]2CCC[C@@]2(C(=O)O)C1. The number of hydrogen-bond acceptors (Lipinski definition) is 5. The van der Waals surface area contributed by atoms with Gasteiger partial charge >= 0.3 is 12.0 Å². The summed E-state index contributed by atoms with van der Waals surface area (Å²) in [6, 6.07) is 5.84. The summed E-state index contributed by atoms with van der Waals surface area (Å²) in [5, 5.41) is 16.8. The molecule has 3 aliphatic heterocycles. The first kappa shape index (κ1) is 18.3. The number of nitrogens with zero attached hydrogens (tertiary/aromatic N) is 2. The molecule has 3 heterocycles. The average Bonchev–Trinajstić information content (AvgIpc) is 3.47. The number of fused-ring (bicyclic) bond motifs is 2. The third-order valence-corrected chi connectivity index (χ3v) is 6.82. The fourth-order valence-electron chi connectivity index (χ4n) is 5.18. The predicted molar refractivity (Wildman–Crippen MR) is 104 cm³/mol. The van der Waals surface area contributed by atoms with Crippen LogP contribution in [0.25, 0.3) is 0 Å². The Morgan fingerprint density at radius 1 is 1.38 bits per heavy atom. The van der Waals surface area contributed by atoms with E-state index < -0.39 is 11.4 Å². The van der Waals surface area contributed by atoms with Gasteiger partial charge in [0.05, 0.1) is 24.3 Å². The van der Waals surface area contributed by atoms with E-state index in [1.807, 2.05) is 12.1 Å². The molecule has 1 aromatic carbocycles. The number of amides is 2. The second kappa shape index (κ2) is 6.93. The number of carbonyl (C=O) groups is 2. The lowest BCUT2D eigenvalue weighted by Crippen LogP contribution is -2.43. The predicted octanol–water partition coefficient (Wildman–Crippen LogP) is 2.01. The highest BCUT2D eigenvalue weighted by molar-refractivity contribution is 6.01. The summed E-state index contributed by atoms with van der Waals surface area (Å²) in [5.74, 6) is 0.228. The topological polar surface area (TPSA) is 100 Å². The van der Waals surface area contributed by atoms with Gasteiger partial charge in [-0.3, -0.25) is 4.79 Å². The fraction of sp³-hybridized carbons (Fsp3) is 0.571. The highest BCUT2D eigenvalue weighted by atomic mass is 16.6. The number of rotatable bonds is 4. The number of oxime groups is 1. The van der Waals surface area contributed by atoms with Crippen LogP contribution in [0, 0.1) is 11.3 Å². The van der Waals surface area contributed by atoms with Gasteiger partial charge in [0.25, 0.3) is 0 Å². The minimum atomic E-state index is -0.771. The van der Waals surface area contributed by atoms with E-state index in [0.29, 0.717) is 32.5 Å². The smallest absolute Gasteiger partial charge is 0.317 e. The molecule has 1 aliphatic carbocycles. The zero-order chi connectivity index (χ0) is 20.0. The molecule has 1 unspecified atom stereocenters. The molecule has 3 atom stereocenters. The number of nitrogens with one attached hydrogen (secondary N) is 1. The Balaban J connectivity index is 1.14. The Kier molecular flexibility index (Phi) is 4.37. The van der Waals surface area contributed by atoms with Crippen molar-refractivity contribution in [1.29, 1.82) is 0 Å². The monoisotopic (exact) mass is 399 g/mol. The molecule has 1 saturated heterocycles. The van der Waals surface area contributed by atoms with Gasteiger partial charge in [-0.2, -0.15) is 0 Å². The third-order valence-electron chi connectivity index (χ3n) is 6.82. The van der Waals surface area contributed by atoms with Crippen LogP contribution in [-0.4, -0.2) is 60.1 Å². The normalized spacial score (nSPS) is 29.7. The van der Waals surface area contributed by atoms with Crippen molar-refractivity contribution in [3.8, 4) is 5.75 Å². The van der Waals surface area contributed by atoms with Gasteiger partial charge in [0.15, 0.2) is 6.10 Å². The van der Waals surface area contributed by atoms with Gasteiger partial charge in [0.1, 0.15) is 5.75 Å². The van der Waals surface area contributed by atoms with Crippen LogP contribution in [0.4, 0.5) is 4.79 Å². The van der Waals surface area contributed by atoms with Crippen LogP contribution in [-0.2, 0) is 16.1 Å². The Morgan fingerprint density at radius 2 is 2.28 bits per heavy atom. The van der Waals surface area contributed by atoms with Gasteiger partial charge in [-0.1, -0.05) is 11.6 Å². The molecule has 29 heavy (non-hydrogen) atoms. The highest BCUT2D eigenvalue weighted by Gasteiger charge is 2.55. The fourth-order valence-corrected chi connectivity index (χ4v) is 5.18. The maximum atomic E-state index is 12.6. The number of carboxylic acids is 1. The molecule has 5 rings (SSSR count). The van der Waals surface area contributed by atoms with E-state index in [2.05, 4.69) is 16.5 Å². The standard InChI is InChI=1S/C21H25N3O5/c25-19(26)21-6-1-2-15(21)11-24(12-21)20(27)22-10-16-9-17(23-29-16)13-3-4-18-14(8-13)5-7-28-18/h3-4,8,15-16H,1-2,5-7,9-12H2,(H,22,27)(H,25,26)/t15-,16?,21+/m0/s1. The Bertz CT molecular complexity index is 885. The molecule has 154 valence electrons. The maximum absolute atomic E-state index is 12.6. The van der Waals surface area contributed by atoms with Crippen LogP contribution in [0.2, 0.25) is 0 Å². The number of ether oxygens (including phenoxy) is 1. The average molecular weight is 399 g/mol. The Labute approximate surface area is 168 Å². The largest absolute Gasteiger partial charge is 0.493 e. The molecule has 0 radical (unpaired) electrons. The van der Waals surface area contributed by atoms with Crippen LogP contribution in [0.5, 0.6) is 5.75 Å². The number of hydrogen-bond donors (Lipinski definition) is 2.